The standard InChI is InChI=1S/C14H17NO6/c1-8-3-4-9(11(7-8)21-2)13(18)15-10(14(19)20)5-6-12(16)17/h3-4,7,10H,5-6H2,1-2H3,(H,15,18)(H,16,17)(H,19,20)/t10-/m0/s1. The summed E-state index contributed by atoms with van der Waals surface area (Å²) in [6, 6.07) is 3.62. The van der Waals surface area contributed by atoms with Gasteiger partial charge in [-0.3, -0.25) is 9.59 Å². The Labute approximate surface area is 121 Å². The van der Waals surface area contributed by atoms with Crippen molar-refractivity contribution in [2.45, 2.75) is 25.8 Å². The van der Waals surface area contributed by atoms with Crippen molar-refractivity contribution < 1.29 is 29.3 Å². The third-order valence-electron chi connectivity index (χ3n) is 2.85. The van der Waals surface area contributed by atoms with Gasteiger partial charge in [-0.2, -0.15) is 0 Å². The number of hydrogen-bond acceptors (Lipinski definition) is 4. The number of hydrogen-bond donors (Lipinski definition) is 3. The van der Waals surface area contributed by atoms with Crippen LogP contribution in [0, 0.1) is 6.92 Å². The van der Waals surface area contributed by atoms with E-state index in [4.69, 9.17) is 14.9 Å². The van der Waals surface area contributed by atoms with Crippen LogP contribution in [0.4, 0.5) is 0 Å². The predicted octanol–water partition coefficient (Wildman–Crippen LogP) is 1.05. The molecule has 7 heteroatoms. The van der Waals surface area contributed by atoms with Gasteiger partial charge in [-0.1, -0.05) is 6.07 Å². The molecule has 1 rings (SSSR count). The van der Waals surface area contributed by atoms with E-state index in [0.717, 1.165) is 5.56 Å². The molecule has 0 aliphatic rings. The van der Waals surface area contributed by atoms with Crippen LogP contribution in [-0.2, 0) is 9.59 Å². The number of rotatable bonds is 7. The highest BCUT2D eigenvalue weighted by Crippen LogP contribution is 2.20. The first-order valence-corrected chi connectivity index (χ1v) is 6.25. The number of carboxylic acids is 2. The summed E-state index contributed by atoms with van der Waals surface area (Å²) in [5.74, 6) is -2.70. The third-order valence-corrected chi connectivity index (χ3v) is 2.85. The van der Waals surface area contributed by atoms with Crippen molar-refractivity contribution in [3.8, 4) is 5.75 Å². The molecule has 0 heterocycles. The zero-order valence-electron chi connectivity index (χ0n) is 11.8. The third kappa shape index (κ3) is 4.79. The minimum atomic E-state index is -1.28. The van der Waals surface area contributed by atoms with E-state index in [-0.39, 0.29) is 18.4 Å². The van der Waals surface area contributed by atoms with Gasteiger partial charge in [-0.15, -0.1) is 0 Å². The minimum absolute atomic E-state index is 0.190. The van der Waals surface area contributed by atoms with Gasteiger partial charge < -0.3 is 20.3 Å². The average Bonchev–Trinajstić information content (AvgIpc) is 2.42. The van der Waals surface area contributed by atoms with Gasteiger partial charge in [-0.05, 0) is 31.0 Å². The lowest BCUT2D eigenvalue weighted by atomic mass is 10.1. The van der Waals surface area contributed by atoms with Gasteiger partial charge in [-0.25, -0.2) is 4.79 Å². The molecule has 1 amide bonds. The van der Waals surface area contributed by atoms with Crippen molar-refractivity contribution in [2.75, 3.05) is 7.11 Å². The van der Waals surface area contributed by atoms with Crippen LogP contribution in [0.3, 0.4) is 0 Å². The highest BCUT2D eigenvalue weighted by Gasteiger charge is 2.23. The second kappa shape index (κ2) is 7.28. The summed E-state index contributed by atoms with van der Waals surface area (Å²) >= 11 is 0. The number of carbonyl (C=O) groups excluding carboxylic acids is 1. The fraction of sp³-hybridized carbons (Fsp3) is 0.357. The fourth-order valence-electron chi connectivity index (χ4n) is 1.75. The zero-order valence-corrected chi connectivity index (χ0v) is 11.8. The summed E-state index contributed by atoms with van der Waals surface area (Å²) in [6.45, 7) is 1.83. The van der Waals surface area contributed by atoms with E-state index in [0.29, 0.717) is 5.75 Å². The molecule has 0 radical (unpaired) electrons. The van der Waals surface area contributed by atoms with E-state index >= 15 is 0 Å². The number of ether oxygens (including phenoxy) is 1. The summed E-state index contributed by atoms with van der Waals surface area (Å²) in [5, 5.41) is 19.9. The Bertz CT molecular complexity index is 554. The Hall–Kier alpha value is -2.57. The van der Waals surface area contributed by atoms with Crippen molar-refractivity contribution in [3.63, 3.8) is 0 Å². The molecular formula is C14H17NO6. The van der Waals surface area contributed by atoms with E-state index in [2.05, 4.69) is 5.32 Å². The topological polar surface area (TPSA) is 113 Å². The molecule has 21 heavy (non-hydrogen) atoms. The maximum Gasteiger partial charge on any atom is 0.326 e. The summed E-state index contributed by atoms with van der Waals surface area (Å²) < 4.78 is 5.09. The smallest absolute Gasteiger partial charge is 0.326 e. The van der Waals surface area contributed by atoms with Gasteiger partial charge >= 0.3 is 11.9 Å². The molecule has 0 unspecified atom stereocenters. The highest BCUT2D eigenvalue weighted by atomic mass is 16.5. The number of nitrogens with one attached hydrogen (secondary N) is 1. The monoisotopic (exact) mass is 295 g/mol. The van der Waals surface area contributed by atoms with Crippen LogP contribution >= 0.6 is 0 Å². The first-order chi connectivity index (χ1) is 9.85. The van der Waals surface area contributed by atoms with Gasteiger partial charge in [0.25, 0.3) is 5.91 Å². The molecule has 3 N–H and O–H groups in total. The predicted molar refractivity (Wildman–Crippen MR) is 73.5 cm³/mol. The van der Waals surface area contributed by atoms with E-state index < -0.39 is 23.9 Å². The number of methoxy groups -OCH3 is 1. The lowest BCUT2D eigenvalue weighted by molar-refractivity contribution is -0.140. The van der Waals surface area contributed by atoms with E-state index in [1.165, 1.54) is 13.2 Å². The van der Waals surface area contributed by atoms with Crippen LogP contribution in [-0.4, -0.2) is 41.2 Å². The van der Waals surface area contributed by atoms with Crippen LogP contribution in [0.1, 0.15) is 28.8 Å². The minimum Gasteiger partial charge on any atom is -0.496 e. The second-order valence-corrected chi connectivity index (χ2v) is 4.50. The Morgan fingerprint density at radius 1 is 1.29 bits per heavy atom. The molecule has 7 nitrogen and oxygen atoms in total. The van der Waals surface area contributed by atoms with Gasteiger partial charge in [0.15, 0.2) is 0 Å². The molecule has 1 atom stereocenters. The second-order valence-electron chi connectivity index (χ2n) is 4.50. The number of aryl methyl sites for hydroxylation is 1. The van der Waals surface area contributed by atoms with E-state index in [1.54, 1.807) is 12.1 Å². The van der Waals surface area contributed by atoms with Gasteiger partial charge in [0.05, 0.1) is 12.7 Å². The van der Waals surface area contributed by atoms with Crippen LogP contribution < -0.4 is 10.1 Å². The van der Waals surface area contributed by atoms with Crippen LogP contribution in [0.25, 0.3) is 0 Å². The Morgan fingerprint density at radius 3 is 2.48 bits per heavy atom. The molecule has 1 aromatic rings. The van der Waals surface area contributed by atoms with Crippen molar-refractivity contribution >= 4 is 17.8 Å². The summed E-state index contributed by atoms with van der Waals surface area (Å²) in [4.78, 5) is 33.6. The number of carbonyl (C=O) groups is 3. The molecule has 0 aliphatic carbocycles. The average molecular weight is 295 g/mol. The molecular weight excluding hydrogens is 278 g/mol. The van der Waals surface area contributed by atoms with Gasteiger partial charge in [0.2, 0.25) is 0 Å². The van der Waals surface area contributed by atoms with Crippen LogP contribution in [0.15, 0.2) is 18.2 Å². The molecule has 0 aromatic heterocycles. The molecule has 0 spiro atoms. The molecule has 0 saturated carbocycles. The highest BCUT2D eigenvalue weighted by molar-refractivity contribution is 5.99. The van der Waals surface area contributed by atoms with E-state index in [1.807, 2.05) is 6.92 Å². The first-order valence-electron chi connectivity index (χ1n) is 6.25. The summed E-state index contributed by atoms with van der Waals surface area (Å²) in [6.07, 6.45) is -0.535. The lowest BCUT2D eigenvalue weighted by Gasteiger charge is -2.15. The molecule has 0 aliphatic heterocycles. The van der Waals surface area contributed by atoms with Crippen molar-refractivity contribution in [1.82, 2.24) is 5.32 Å². The fourth-order valence-corrected chi connectivity index (χ4v) is 1.75. The molecule has 0 saturated heterocycles. The van der Waals surface area contributed by atoms with Crippen LogP contribution in [0.5, 0.6) is 5.75 Å². The van der Waals surface area contributed by atoms with Crippen molar-refractivity contribution in [1.29, 1.82) is 0 Å². The summed E-state index contributed by atoms with van der Waals surface area (Å²) in [5.41, 5.74) is 1.09. The van der Waals surface area contributed by atoms with Crippen LogP contribution in [0.2, 0.25) is 0 Å². The van der Waals surface area contributed by atoms with Crippen molar-refractivity contribution in [3.05, 3.63) is 29.3 Å². The number of amides is 1. The maximum absolute atomic E-state index is 12.1. The molecule has 0 bridgehead atoms. The largest absolute Gasteiger partial charge is 0.496 e. The SMILES string of the molecule is COc1cc(C)ccc1C(=O)N[C@@H](CCC(=O)O)C(=O)O. The zero-order chi connectivity index (χ0) is 16.0. The first kappa shape index (κ1) is 16.5. The molecule has 0 fully saturated rings. The normalized spacial score (nSPS) is 11.5. The van der Waals surface area contributed by atoms with Crippen molar-refractivity contribution in [2.24, 2.45) is 0 Å². The Kier molecular flexibility index (Phi) is 5.71. The number of carboxylic acid groups (broad SMARTS) is 2. The Morgan fingerprint density at radius 2 is 1.95 bits per heavy atom. The molecule has 114 valence electrons. The Balaban J connectivity index is 2.86. The number of aliphatic carboxylic acids is 2. The maximum atomic E-state index is 12.1. The van der Waals surface area contributed by atoms with Gasteiger partial charge in [0.1, 0.15) is 11.8 Å². The van der Waals surface area contributed by atoms with E-state index in [9.17, 15) is 14.4 Å². The molecule has 1 aromatic carbocycles. The quantitative estimate of drug-likeness (QED) is 0.693. The number of benzene rings is 1. The lowest BCUT2D eigenvalue weighted by Crippen LogP contribution is -2.41. The summed E-state index contributed by atoms with van der Waals surface area (Å²) in [7, 11) is 1.41. The van der Waals surface area contributed by atoms with Gasteiger partial charge in [0, 0.05) is 6.42 Å².